The molecule has 1 saturated carbocycles. The molecule has 1 aromatic carbocycles. The molecular weight excluding hydrogens is 356 g/mol. The second-order valence-corrected chi connectivity index (χ2v) is 8.11. The summed E-state index contributed by atoms with van der Waals surface area (Å²) in [6.45, 7) is 7.82. The number of benzene rings is 1. The van der Waals surface area contributed by atoms with Crippen LogP contribution in [-0.2, 0) is 4.74 Å². The molecular formula is C18H27BrN2O2. The van der Waals surface area contributed by atoms with E-state index in [0.29, 0.717) is 12.1 Å². The van der Waals surface area contributed by atoms with Gasteiger partial charge in [-0.1, -0.05) is 35.0 Å². The summed E-state index contributed by atoms with van der Waals surface area (Å²) in [5.74, 6) is 0. The van der Waals surface area contributed by atoms with Crippen molar-refractivity contribution in [2.45, 2.75) is 70.7 Å². The Morgan fingerprint density at radius 2 is 2.04 bits per heavy atom. The lowest BCUT2D eigenvalue weighted by atomic mass is 9.85. The van der Waals surface area contributed by atoms with Crippen LogP contribution < -0.4 is 10.6 Å². The second kappa shape index (κ2) is 7.67. The minimum Gasteiger partial charge on any atom is -0.444 e. The van der Waals surface area contributed by atoms with Crippen molar-refractivity contribution in [3.05, 3.63) is 34.3 Å². The van der Waals surface area contributed by atoms with Crippen molar-refractivity contribution in [1.82, 2.24) is 10.6 Å². The Kier molecular flexibility index (Phi) is 6.09. The molecule has 0 bridgehead atoms. The number of rotatable bonds is 5. The average Bonchev–Trinajstić information content (AvgIpc) is 2.39. The van der Waals surface area contributed by atoms with Crippen LogP contribution in [0.15, 0.2) is 28.7 Å². The number of ether oxygens (including phenoxy) is 1. The molecule has 0 spiro atoms. The maximum absolute atomic E-state index is 11.7. The highest BCUT2D eigenvalue weighted by Crippen LogP contribution is 2.27. The largest absolute Gasteiger partial charge is 0.444 e. The number of halogens is 1. The fraction of sp³-hybridized carbons (Fsp3) is 0.611. The van der Waals surface area contributed by atoms with Gasteiger partial charge in [-0.25, -0.2) is 4.79 Å². The molecule has 1 aromatic rings. The Hall–Kier alpha value is -1.07. The molecule has 1 unspecified atom stereocenters. The van der Waals surface area contributed by atoms with Crippen LogP contribution in [0.1, 0.15) is 58.6 Å². The SMILES string of the molecule is CCC(NC1CC(NC(=O)OC(C)(C)C)C1)c1cccc(Br)c1. The van der Waals surface area contributed by atoms with Crippen LogP contribution in [0, 0.1) is 0 Å². The Balaban J connectivity index is 1.77. The first kappa shape index (κ1) is 18.3. The topological polar surface area (TPSA) is 50.4 Å². The predicted molar refractivity (Wildman–Crippen MR) is 96.5 cm³/mol. The molecule has 0 heterocycles. The molecule has 0 aromatic heterocycles. The molecule has 0 saturated heterocycles. The van der Waals surface area contributed by atoms with Crippen LogP contribution in [-0.4, -0.2) is 23.8 Å². The lowest BCUT2D eigenvalue weighted by Gasteiger charge is -2.39. The predicted octanol–water partition coefficient (Wildman–Crippen LogP) is 4.55. The van der Waals surface area contributed by atoms with E-state index in [9.17, 15) is 4.79 Å². The zero-order chi connectivity index (χ0) is 17.0. The number of carbonyl (C=O) groups is 1. The summed E-state index contributed by atoms with van der Waals surface area (Å²) in [7, 11) is 0. The lowest BCUT2D eigenvalue weighted by molar-refractivity contribution is 0.0462. The van der Waals surface area contributed by atoms with E-state index < -0.39 is 5.60 Å². The lowest BCUT2D eigenvalue weighted by Crippen LogP contribution is -2.53. The average molecular weight is 383 g/mol. The zero-order valence-electron chi connectivity index (χ0n) is 14.4. The van der Waals surface area contributed by atoms with Crippen LogP contribution in [0.5, 0.6) is 0 Å². The molecule has 128 valence electrons. The van der Waals surface area contributed by atoms with Crippen LogP contribution in [0.4, 0.5) is 4.79 Å². The quantitative estimate of drug-likeness (QED) is 0.785. The molecule has 1 aliphatic rings. The molecule has 4 nitrogen and oxygen atoms in total. The third-order valence-corrected chi connectivity index (χ3v) is 4.45. The Morgan fingerprint density at radius 1 is 1.35 bits per heavy atom. The van der Waals surface area contributed by atoms with E-state index >= 15 is 0 Å². The molecule has 0 radical (unpaired) electrons. The molecule has 2 rings (SSSR count). The smallest absolute Gasteiger partial charge is 0.407 e. The number of carbonyl (C=O) groups excluding carboxylic acids is 1. The number of hydrogen-bond donors (Lipinski definition) is 2. The first-order chi connectivity index (χ1) is 10.8. The molecule has 23 heavy (non-hydrogen) atoms. The van der Waals surface area contributed by atoms with Crippen LogP contribution in [0.2, 0.25) is 0 Å². The Bertz CT molecular complexity index is 536. The molecule has 1 fully saturated rings. The molecule has 1 atom stereocenters. The van der Waals surface area contributed by atoms with Crippen LogP contribution in [0.3, 0.4) is 0 Å². The highest BCUT2D eigenvalue weighted by Gasteiger charge is 2.32. The molecule has 2 N–H and O–H groups in total. The van der Waals surface area contributed by atoms with E-state index in [1.54, 1.807) is 0 Å². The van der Waals surface area contributed by atoms with Gasteiger partial charge in [0.05, 0.1) is 0 Å². The summed E-state index contributed by atoms with van der Waals surface area (Å²) in [5.41, 5.74) is 0.852. The van der Waals surface area contributed by atoms with Crippen LogP contribution in [0.25, 0.3) is 0 Å². The number of nitrogens with one attached hydrogen (secondary N) is 2. The van der Waals surface area contributed by atoms with Crippen molar-refractivity contribution in [2.75, 3.05) is 0 Å². The van der Waals surface area contributed by atoms with Gasteiger partial charge < -0.3 is 15.4 Å². The number of hydrogen-bond acceptors (Lipinski definition) is 3. The van der Waals surface area contributed by atoms with Gasteiger partial charge in [0.2, 0.25) is 0 Å². The molecule has 0 aliphatic heterocycles. The first-order valence-electron chi connectivity index (χ1n) is 8.28. The summed E-state index contributed by atoms with van der Waals surface area (Å²) in [5, 5.41) is 6.62. The monoisotopic (exact) mass is 382 g/mol. The fourth-order valence-electron chi connectivity index (χ4n) is 2.80. The van der Waals surface area contributed by atoms with Crippen molar-refractivity contribution < 1.29 is 9.53 Å². The summed E-state index contributed by atoms with van der Waals surface area (Å²) in [6.07, 6.45) is 2.62. The highest BCUT2D eigenvalue weighted by atomic mass is 79.9. The van der Waals surface area contributed by atoms with Crippen molar-refractivity contribution in [3.8, 4) is 0 Å². The summed E-state index contributed by atoms with van der Waals surface area (Å²) in [6, 6.07) is 9.43. The van der Waals surface area contributed by atoms with Gasteiger partial charge in [0.25, 0.3) is 0 Å². The Morgan fingerprint density at radius 3 is 2.61 bits per heavy atom. The summed E-state index contributed by atoms with van der Waals surface area (Å²) < 4.78 is 6.39. The zero-order valence-corrected chi connectivity index (χ0v) is 15.9. The van der Waals surface area contributed by atoms with Crippen molar-refractivity contribution in [2.24, 2.45) is 0 Å². The van der Waals surface area contributed by atoms with Gasteiger partial charge in [-0.2, -0.15) is 0 Å². The van der Waals surface area contributed by atoms with Gasteiger partial charge in [0.15, 0.2) is 0 Å². The minimum atomic E-state index is -0.445. The van der Waals surface area contributed by atoms with E-state index in [4.69, 9.17) is 4.74 Å². The van der Waals surface area contributed by atoms with E-state index in [2.05, 4.69) is 51.7 Å². The maximum Gasteiger partial charge on any atom is 0.407 e. The van der Waals surface area contributed by atoms with Crippen LogP contribution >= 0.6 is 15.9 Å². The summed E-state index contributed by atoms with van der Waals surface area (Å²) in [4.78, 5) is 11.7. The molecule has 1 amide bonds. The first-order valence-corrected chi connectivity index (χ1v) is 9.07. The van der Waals surface area contributed by atoms with Crippen molar-refractivity contribution in [3.63, 3.8) is 0 Å². The van der Waals surface area contributed by atoms with Crippen molar-refractivity contribution >= 4 is 22.0 Å². The Labute approximate surface area is 147 Å². The van der Waals surface area contributed by atoms with Gasteiger partial charge in [-0.3, -0.25) is 0 Å². The normalized spacial score (nSPS) is 22.1. The minimum absolute atomic E-state index is 0.211. The van der Waals surface area contributed by atoms with E-state index in [1.165, 1.54) is 5.56 Å². The third kappa shape index (κ3) is 5.81. The number of amides is 1. The molecule has 5 heteroatoms. The van der Waals surface area contributed by atoms with E-state index in [0.717, 1.165) is 23.7 Å². The van der Waals surface area contributed by atoms with E-state index in [1.807, 2.05) is 26.8 Å². The van der Waals surface area contributed by atoms with Gasteiger partial charge >= 0.3 is 6.09 Å². The summed E-state index contributed by atoms with van der Waals surface area (Å²) >= 11 is 3.53. The maximum atomic E-state index is 11.7. The van der Waals surface area contributed by atoms with Gasteiger partial charge in [0, 0.05) is 22.6 Å². The molecule has 1 aliphatic carbocycles. The van der Waals surface area contributed by atoms with Gasteiger partial charge in [-0.05, 0) is 57.7 Å². The number of alkyl carbamates (subject to hydrolysis) is 1. The standard InChI is InChI=1S/C18H27BrN2O2/c1-5-16(12-7-6-8-13(19)9-12)20-14-10-15(11-14)21-17(22)23-18(2,3)4/h6-9,14-16,20H,5,10-11H2,1-4H3,(H,21,22). The van der Waals surface area contributed by atoms with Gasteiger partial charge in [-0.15, -0.1) is 0 Å². The highest BCUT2D eigenvalue weighted by molar-refractivity contribution is 9.10. The fourth-order valence-corrected chi connectivity index (χ4v) is 3.22. The van der Waals surface area contributed by atoms with Crippen molar-refractivity contribution in [1.29, 1.82) is 0 Å². The second-order valence-electron chi connectivity index (χ2n) is 7.19. The van der Waals surface area contributed by atoms with E-state index in [-0.39, 0.29) is 12.1 Å². The third-order valence-electron chi connectivity index (χ3n) is 3.96. The van der Waals surface area contributed by atoms with Gasteiger partial charge in [0.1, 0.15) is 5.60 Å².